The number of cyclic esters (lactones) is 1. The van der Waals surface area contributed by atoms with Crippen molar-refractivity contribution in [2.24, 2.45) is 11.6 Å². The number of anilines is 1. The van der Waals surface area contributed by atoms with Crippen molar-refractivity contribution in [3.05, 3.63) is 53.8 Å². The van der Waals surface area contributed by atoms with Gasteiger partial charge in [-0.15, -0.1) is 0 Å². The Bertz CT molecular complexity index is 921. The molecule has 3 rings (SSSR count). The van der Waals surface area contributed by atoms with Gasteiger partial charge < -0.3 is 21.1 Å². The summed E-state index contributed by atoms with van der Waals surface area (Å²) in [4.78, 5) is 24.4. The molecule has 0 saturated carbocycles. The van der Waals surface area contributed by atoms with Gasteiger partial charge in [0.1, 0.15) is 11.9 Å². The lowest BCUT2D eigenvalue weighted by atomic mass is 10.0. The Morgan fingerprint density at radius 2 is 1.97 bits per heavy atom. The minimum Gasteiger partial charge on any atom is -0.442 e. The maximum atomic E-state index is 14.7. The molecule has 10 heteroatoms. The molecule has 180 valence electrons. The van der Waals surface area contributed by atoms with Gasteiger partial charge in [-0.25, -0.2) is 14.2 Å². The van der Waals surface area contributed by atoms with Crippen LogP contribution in [0.5, 0.6) is 0 Å². The highest BCUT2D eigenvalue weighted by Gasteiger charge is 2.32. The zero-order valence-corrected chi connectivity index (χ0v) is 19.3. The molecular formula is C23H33FN6O3. The van der Waals surface area contributed by atoms with Gasteiger partial charge in [-0.05, 0) is 36.4 Å². The first-order chi connectivity index (χ1) is 15.7. The third-order valence-corrected chi connectivity index (χ3v) is 4.81. The maximum Gasteiger partial charge on any atom is 0.414 e. The highest BCUT2D eigenvalue weighted by Crippen LogP contribution is 2.29. The predicted octanol–water partition coefficient (Wildman–Crippen LogP) is 1.42. The molecule has 2 aromatic rings. The van der Waals surface area contributed by atoms with Crippen LogP contribution in [0.4, 0.5) is 14.9 Å². The van der Waals surface area contributed by atoms with Crippen LogP contribution < -0.4 is 27.1 Å². The molecular weight excluding hydrogens is 427 g/mol. The van der Waals surface area contributed by atoms with E-state index in [4.69, 9.17) is 16.3 Å². The summed E-state index contributed by atoms with van der Waals surface area (Å²) in [5.41, 5.74) is 7.69. The fraction of sp³-hybridized carbons (Fsp3) is 0.391. The molecule has 0 aromatic heterocycles. The number of halogens is 1. The number of amides is 2. The zero-order chi connectivity index (χ0) is 24.4. The van der Waals surface area contributed by atoms with E-state index in [9.17, 15) is 14.0 Å². The van der Waals surface area contributed by atoms with Gasteiger partial charge in [0.05, 0.1) is 18.8 Å². The van der Waals surface area contributed by atoms with Crippen LogP contribution >= 0.6 is 0 Å². The first kappa shape index (κ1) is 26.2. The summed E-state index contributed by atoms with van der Waals surface area (Å²) in [6.45, 7) is 4.11. The van der Waals surface area contributed by atoms with Crippen molar-refractivity contribution in [3.63, 3.8) is 0 Å². The van der Waals surface area contributed by atoms with E-state index in [-0.39, 0.29) is 19.0 Å². The van der Waals surface area contributed by atoms with E-state index in [1.807, 2.05) is 31.3 Å². The quantitative estimate of drug-likeness (QED) is 0.347. The second kappa shape index (κ2) is 12.9. The lowest BCUT2D eigenvalue weighted by Crippen LogP contribution is -2.33. The molecule has 1 saturated heterocycles. The molecule has 6 N–H and O–H groups in total. The lowest BCUT2D eigenvalue weighted by Gasteiger charge is -2.15. The fourth-order valence-electron chi connectivity index (χ4n) is 3.22. The normalized spacial score (nSPS) is 15.2. The highest BCUT2D eigenvalue weighted by atomic mass is 19.1. The van der Waals surface area contributed by atoms with Crippen molar-refractivity contribution in [1.29, 1.82) is 0 Å². The molecule has 1 aliphatic rings. The highest BCUT2D eigenvalue weighted by molar-refractivity contribution is 5.90. The Balaban J connectivity index is 0.000000696. The van der Waals surface area contributed by atoms with Gasteiger partial charge in [-0.3, -0.25) is 15.5 Å². The van der Waals surface area contributed by atoms with Crippen LogP contribution in [0.25, 0.3) is 11.1 Å². The Labute approximate surface area is 193 Å². The van der Waals surface area contributed by atoms with Crippen molar-refractivity contribution in [3.8, 4) is 11.1 Å². The van der Waals surface area contributed by atoms with E-state index in [1.54, 1.807) is 24.2 Å². The Kier molecular flexibility index (Phi) is 10.2. The summed E-state index contributed by atoms with van der Waals surface area (Å²) >= 11 is 0. The average molecular weight is 461 g/mol. The minimum absolute atomic E-state index is 0.200. The number of hydrazine groups is 1. The lowest BCUT2D eigenvalue weighted by molar-refractivity contribution is -0.119. The third-order valence-electron chi connectivity index (χ3n) is 4.81. The minimum atomic E-state index is -0.558. The molecule has 1 heterocycles. The number of carbonyl (C=O) groups is 2. The topological polar surface area (TPSA) is 126 Å². The molecule has 1 aliphatic heterocycles. The number of hydrogen-bond acceptors (Lipinski definition) is 7. The molecule has 1 atom stereocenters. The Hall–Kier alpha value is -3.05. The number of nitrogens with zero attached hydrogens (tertiary/aromatic N) is 2. The van der Waals surface area contributed by atoms with Gasteiger partial charge in [0.15, 0.2) is 0 Å². The first-order valence-electron chi connectivity index (χ1n) is 10.7. The van der Waals surface area contributed by atoms with Crippen LogP contribution in [0.2, 0.25) is 0 Å². The number of nitrogens with two attached hydrogens (primary N) is 2. The second-order valence-electron chi connectivity index (χ2n) is 7.72. The summed E-state index contributed by atoms with van der Waals surface area (Å²) < 4.78 is 19.9. The van der Waals surface area contributed by atoms with E-state index in [1.165, 1.54) is 17.9 Å². The molecule has 33 heavy (non-hydrogen) atoms. The summed E-state index contributed by atoms with van der Waals surface area (Å²) in [7, 11) is 3.66. The Morgan fingerprint density at radius 3 is 2.48 bits per heavy atom. The first-order valence-corrected chi connectivity index (χ1v) is 10.7. The molecule has 2 amide bonds. The predicted molar refractivity (Wildman–Crippen MR) is 127 cm³/mol. The zero-order valence-electron chi connectivity index (χ0n) is 19.3. The maximum absolute atomic E-state index is 14.7. The second-order valence-corrected chi connectivity index (χ2v) is 7.72. The molecule has 0 bridgehead atoms. The van der Waals surface area contributed by atoms with Crippen molar-refractivity contribution >= 4 is 17.7 Å². The SMILES string of the molecule is CC(=O)NCC1CN(c2ccc(-c3ccc(CN(C)N)cc3)c(F)c2)C(=O)O1.CNCCN. The van der Waals surface area contributed by atoms with Crippen LogP contribution in [0, 0.1) is 5.82 Å². The van der Waals surface area contributed by atoms with Gasteiger partial charge in [-0.2, -0.15) is 0 Å². The summed E-state index contributed by atoms with van der Waals surface area (Å²) in [5.74, 6) is 5.01. The largest absolute Gasteiger partial charge is 0.442 e. The number of hydrogen-bond donors (Lipinski definition) is 4. The van der Waals surface area contributed by atoms with Crippen LogP contribution in [0.15, 0.2) is 42.5 Å². The molecule has 1 unspecified atom stereocenters. The van der Waals surface area contributed by atoms with Gasteiger partial charge in [-0.1, -0.05) is 24.3 Å². The van der Waals surface area contributed by atoms with E-state index in [0.717, 1.165) is 24.2 Å². The summed E-state index contributed by atoms with van der Waals surface area (Å²) in [6, 6.07) is 12.1. The van der Waals surface area contributed by atoms with E-state index in [0.29, 0.717) is 17.8 Å². The van der Waals surface area contributed by atoms with Crippen LogP contribution in [-0.4, -0.2) is 63.4 Å². The van der Waals surface area contributed by atoms with Crippen molar-refractivity contribution in [2.45, 2.75) is 19.6 Å². The molecule has 1 fully saturated rings. The van der Waals surface area contributed by atoms with Crippen molar-refractivity contribution in [2.75, 3.05) is 45.2 Å². The monoisotopic (exact) mass is 460 g/mol. The summed E-state index contributed by atoms with van der Waals surface area (Å²) in [6.07, 6.45) is -1.02. The number of likely N-dealkylation sites (N-methyl/N-ethyl adjacent to an activating group) is 1. The summed E-state index contributed by atoms with van der Waals surface area (Å²) in [5, 5.41) is 7.07. The van der Waals surface area contributed by atoms with Gasteiger partial charge in [0.2, 0.25) is 5.91 Å². The smallest absolute Gasteiger partial charge is 0.414 e. The number of nitrogens with one attached hydrogen (secondary N) is 2. The van der Waals surface area contributed by atoms with Crippen LogP contribution in [-0.2, 0) is 16.1 Å². The van der Waals surface area contributed by atoms with Gasteiger partial charge in [0.25, 0.3) is 0 Å². The van der Waals surface area contributed by atoms with E-state index < -0.39 is 18.0 Å². The van der Waals surface area contributed by atoms with Crippen molar-refractivity contribution < 1.29 is 18.7 Å². The average Bonchev–Trinajstić information content (AvgIpc) is 3.14. The molecule has 0 radical (unpaired) electrons. The molecule has 0 spiro atoms. The van der Waals surface area contributed by atoms with Crippen molar-refractivity contribution in [1.82, 2.24) is 15.6 Å². The number of benzene rings is 2. The fourth-order valence-corrected chi connectivity index (χ4v) is 3.22. The third kappa shape index (κ3) is 8.10. The molecule has 0 aliphatic carbocycles. The van der Waals surface area contributed by atoms with E-state index >= 15 is 0 Å². The number of carbonyl (C=O) groups excluding carboxylic acids is 2. The number of ether oxygens (including phenoxy) is 1. The standard InChI is InChI=1S/C20H23FN4O3.C3H10N2/c1-13(26)23-10-17-12-25(20(27)28-17)16-7-8-18(19(21)9-16)15-5-3-14(4-6-15)11-24(2)22;1-5-3-2-4/h3-9,17H,10-12,22H2,1-2H3,(H,23,26);5H,2-4H2,1H3. The van der Waals surface area contributed by atoms with E-state index in [2.05, 4.69) is 10.6 Å². The molecule has 9 nitrogen and oxygen atoms in total. The molecule has 2 aromatic carbocycles. The van der Waals surface area contributed by atoms with Crippen LogP contribution in [0.3, 0.4) is 0 Å². The van der Waals surface area contributed by atoms with Crippen LogP contribution in [0.1, 0.15) is 12.5 Å². The van der Waals surface area contributed by atoms with Gasteiger partial charge in [0, 0.05) is 39.2 Å². The van der Waals surface area contributed by atoms with Gasteiger partial charge >= 0.3 is 6.09 Å². The Morgan fingerprint density at radius 1 is 1.27 bits per heavy atom. The number of rotatable bonds is 8.